The van der Waals surface area contributed by atoms with Gasteiger partial charge >= 0.3 is 0 Å². The zero-order valence-electron chi connectivity index (χ0n) is 12.4. The molecule has 1 aromatic carbocycles. The van der Waals surface area contributed by atoms with Crippen LogP contribution < -0.4 is 5.32 Å². The number of rotatable bonds is 3. The lowest BCUT2D eigenvalue weighted by Crippen LogP contribution is -2.53. The van der Waals surface area contributed by atoms with Gasteiger partial charge in [0, 0.05) is 24.2 Å². The molecule has 1 amide bonds. The van der Waals surface area contributed by atoms with Crippen LogP contribution in [0.3, 0.4) is 0 Å². The maximum absolute atomic E-state index is 12.3. The van der Waals surface area contributed by atoms with Gasteiger partial charge in [-0.2, -0.15) is 0 Å². The average molecular weight is 319 g/mol. The van der Waals surface area contributed by atoms with Crippen LogP contribution in [0.5, 0.6) is 0 Å². The fourth-order valence-electron chi connectivity index (χ4n) is 2.52. The number of carbonyl (C=O) groups is 1. The second kappa shape index (κ2) is 5.33. The van der Waals surface area contributed by atoms with E-state index in [2.05, 4.69) is 10.3 Å². The predicted octanol–water partition coefficient (Wildman–Crippen LogP) is 1.37. The number of sulfonamides is 1. The number of aryl methyl sites for hydroxylation is 1. The van der Waals surface area contributed by atoms with Crippen molar-refractivity contribution in [2.75, 3.05) is 24.7 Å². The van der Waals surface area contributed by atoms with Gasteiger partial charge in [0.1, 0.15) is 0 Å². The van der Waals surface area contributed by atoms with E-state index in [1.54, 1.807) is 0 Å². The fraction of sp³-hybridized carbons (Fsp3) is 0.333. The van der Waals surface area contributed by atoms with Crippen molar-refractivity contribution < 1.29 is 13.2 Å². The third kappa shape index (κ3) is 2.82. The first kappa shape index (κ1) is 14.9. The van der Waals surface area contributed by atoms with Gasteiger partial charge < -0.3 is 5.32 Å². The molecule has 1 N–H and O–H groups in total. The summed E-state index contributed by atoms with van der Waals surface area (Å²) in [6, 6.07) is 9.42. The zero-order chi connectivity index (χ0) is 15.9. The second-order valence-electron chi connectivity index (χ2n) is 5.59. The number of benzene rings is 1. The van der Waals surface area contributed by atoms with Crippen LogP contribution in [-0.2, 0) is 14.8 Å². The molecular weight excluding hydrogens is 302 g/mol. The summed E-state index contributed by atoms with van der Waals surface area (Å²) in [4.78, 5) is 16.7. The maximum Gasteiger partial charge on any atom is 0.230 e. The van der Waals surface area contributed by atoms with Crippen LogP contribution in [0.4, 0.5) is 5.69 Å². The first-order chi connectivity index (χ1) is 10.3. The molecule has 1 aromatic heterocycles. The third-order valence-electron chi connectivity index (χ3n) is 3.79. The molecule has 2 aromatic rings. The van der Waals surface area contributed by atoms with Gasteiger partial charge in [0.05, 0.1) is 23.4 Å². The summed E-state index contributed by atoms with van der Waals surface area (Å²) < 4.78 is 24.0. The molecule has 0 atom stereocenters. The zero-order valence-corrected chi connectivity index (χ0v) is 13.2. The minimum Gasteiger partial charge on any atom is -0.325 e. The van der Waals surface area contributed by atoms with Crippen LogP contribution in [0, 0.1) is 12.8 Å². The van der Waals surface area contributed by atoms with Crippen LogP contribution in [-0.4, -0.2) is 43.0 Å². The monoisotopic (exact) mass is 319 g/mol. The summed E-state index contributed by atoms with van der Waals surface area (Å²) in [6.07, 6.45) is 1.15. The normalized spacial score (nSPS) is 16.5. The lowest BCUT2D eigenvalue weighted by atomic mass is 10.0. The van der Waals surface area contributed by atoms with E-state index in [0.717, 1.165) is 22.9 Å². The molecule has 3 rings (SSSR count). The lowest BCUT2D eigenvalue weighted by molar-refractivity contribution is -0.122. The largest absolute Gasteiger partial charge is 0.325 e. The van der Waals surface area contributed by atoms with Crippen LogP contribution in [0.25, 0.3) is 10.9 Å². The number of carbonyl (C=O) groups excluding carboxylic acids is 1. The van der Waals surface area contributed by atoms with E-state index in [-0.39, 0.29) is 24.9 Å². The minimum atomic E-state index is -3.20. The molecule has 116 valence electrons. The number of para-hydroxylation sites is 1. The Morgan fingerprint density at radius 2 is 2.00 bits per heavy atom. The van der Waals surface area contributed by atoms with E-state index in [9.17, 15) is 13.2 Å². The van der Waals surface area contributed by atoms with Crippen LogP contribution >= 0.6 is 0 Å². The number of hydrogen-bond donors (Lipinski definition) is 1. The molecule has 0 aliphatic carbocycles. The maximum atomic E-state index is 12.3. The number of fused-ring (bicyclic) bond motifs is 1. The van der Waals surface area contributed by atoms with Crippen LogP contribution in [0.2, 0.25) is 0 Å². The van der Waals surface area contributed by atoms with Crippen molar-refractivity contribution >= 4 is 32.5 Å². The quantitative estimate of drug-likeness (QED) is 0.927. The number of hydrogen-bond acceptors (Lipinski definition) is 4. The van der Waals surface area contributed by atoms with Gasteiger partial charge in [0.2, 0.25) is 15.9 Å². The van der Waals surface area contributed by atoms with Crippen molar-refractivity contribution in [2.24, 2.45) is 5.92 Å². The van der Waals surface area contributed by atoms with Crippen molar-refractivity contribution in [3.63, 3.8) is 0 Å². The first-order valence-corrected chi connectivity index (χ1v) is 8.82. The molecular formula is C15H17N3O3S. The van der Waals surface area contributed by atoms with Crippen molar-refractivity contribution in [2.45, 2.75) is 6.92 Å². The molecule has 0 saturated carbocycles. The standard InChI is InChI=1S/C15H17N3O3S/c1-10-7-14(12-5-3-4-6-13(12)16-10)17-15(19)11-8-18(9-11)22(2,20)21/h3-7,11H,8-9H2,1-2H3,(H,16,17,19). The molecule has 1 aliphatic rings. The van der Waals surface area contributed by atoms with Crippen LogP contribution in [0.1, 0.15) is 5.69 Å². The Bertz CT molecular complexity index is 842. The average Bonchev–Trinajstić information content (AvgIpc) is 2.34. The molecule has 1 aliphatic heterocycles. The molecule has 7 heteroatoms. The highest BCUT2D eigenvalue weighted by Crippen LogP contribution is 2.25. The molecule has 6 nitrogen and oxygen atoms in total. The highest BCUT2D eigenvalue weighted by Gasteiger charge is 2.37. The Morgan fingerprint density at radius 1 is 1.32 bits per heavy atom. The number of anilines is 1. The number of nitrogens with zero attached hydrogens (tertiary/aromatic N) is 2. The topological polar surface area (TPSA) is 79.4 Å². The summed E-state index contributed by atoms with van der Waals surface area (Å²) in [5.41, 5.74) is 2.36. The molecule has 1 fully saturated rings. The van der Waals surface area contributed by atoms with E-state index in [0.29, 0.717) is 5.69 Å². The number of amides is 1. The van der Waals surface area contributed by atoms with E-state index >= 15 is 0 Å². The summed E-state index contributed by atoms with van der Waals surface area (Å²) in [5.74, 6) is -0.461. The summed E-state index contributed by atoms with van der Waals surface area (Å²) in [5, 5.41) is 3.77. The Labute approximate surface area is 129 Å². The van der Waals surface area contributed by atoms with Gasteiger partial charge in [-0.25, -0.2) is 12.7 Å². The van der Waals surface area contributed by atoms with E-state index in [4.69, 9.17) is 0 Å². The summed E-state index contributed by atoms with van der Waals surface area (Å²) >= 11 is 0. The number of nitrogens with one attached hydrogen (secondary N) is 1. The van der Waals surface area contributed by atoms with E-state index in [1.807, 2.05) is 37.3 Å². The molecule has 22 heavy (non-hydrogen) atoms. The minimum absolute atomic E-state index is 0.157. The van der Waals surface area contributed by atoms with Crippen molar-refractivity contribution in [3.05, 3.63) is 36.0 Å². The molecule has 2 heterocycles. The number of pyridine rings is 1. The molecule has 0 bridgehead atoms. The van der Waals surface area contributed by atoms with Gasteiger partial charge in [-0.15, -0.1) is 0 Å². The Hall–Kier alpha value is -1.99. The van der Waals surface area contributed by atoms with Crippen LogP contribution in [0.15, 0.2) is 30.3 Å². The van der Waals surface area contributed by atoms with Gasteiger partial charge in [-0.05, 0) is 19.1 Å². The Morgan fingerprint density at radius 3 is 2.68 bits per heavy atom. The second-order valence-corrected chi connectivity index (χ2v) is 7.58. The molecule has 0 spiro atoms. The van der Waals surface area contributed by atoms with Crippen molar-refractivity contribution in [1.29, 1.82) is 0 Å². The number of aromatic nitrogens is 1. The van der Waals surface area contributed by atoms with Gasteiger partial charge in [-0.1, -0.05) is 18.2 Å². The smallest absolute Gasteiger partial charge is 0.230 e. The van der Waals surface area contributed by atoms with Gasteiger partial charge in [0.25, 0.3) is 0 Å². The first-order valence-electron chi connectivity index (χ1n) is 6.97. The molecule has 1 saturated heterocycles. The Kier molecular flexibility index (Phi) is 3.62. The fourth-order valence-corrected chi connectivity index (χ4v) is 3.42. The molecule has 0 radical (unpaired) electrons. The lowest BCUT2D eigenvalue weighted by Gasteiger charge is -2.36. The molecule has 0 unspecified atom stereocenters. The predicted molar refractivity (Wildman–Crippen MR) is 85.0 cm³/mol. The van der Waals surface area contributed by atoms with Crippen molar-refractivity contribution in [3.8, 4) is 0 Å². The third-order valence-corrected chi connectivity index (χ3v) is 5.03. The van der Waals surface area contributed by atoms with E-state index < -0.39 is 10.0 Å². The Balaban J connectivity index is 1.78. The van der Waals surface area contributed by atoms with Crippen molar-refractivity contribution in [1.82, 2.24) is 9.29 Å². The highest BCUT2D eigenvalue weighted by atomic mass is 32.2. The highest BCUT2D eigenvalue weighted by molar-refractivity contribution is 7.88. The SMILES string of the molecule is Cc1cc(NC(=O)C2CN(S(C)(=O)=O)C2)c2ccccc2n1. The summed E-state index contributed by atoms with van der Waals surface area (Å²) in [6.45, 7) is 2.36. The van der Waals surface area contributed by atoms with Gasteiger partial charge in [0.15, 0.2) is 0 Å². The summed E-state index contributed by atoms with van der Waals surface area (Å²) in [7, 11) is -3.20. The van der Waals surface area contributed by atoms with Gasteiger partial charge in [-0.3, -0.25) is 9.78 Å². The van der Waals surface area contributed by atoms with E-state index in [1.165, 1.54) is 4.31 Å².